The number of fused-ring (bicyclic) bond motifs is 2. The number of hydrogen-bond acceptors (Lipinski definition) is 1. The molecule has 1 saturated carbocycles. The van der Waals surface area contributed by atoms with Crippen molar-refractivity contribution in [1.82, 2.24) is 0 Å². The quantitative estimate of drug-likeness (QED) is 0.564. The molecule has 13 heavy (non-hydrogen) atoms. The van der Waals surface area contributed by atoms with Gasteiger partial charge in [0.25, 0.3) is 0 Å². The lowest BCUT2D eigenvalue weighted by molar-refractivity contribution is -0.127. The fourth-order valence-electron chi connectivity index (χ4n) is 2.85. The summed E-state index contributed by atoms with van der Waals surface area (Å²) in [4.78, 5) is 11.7. The van der Waals surface area contributed by atoms with Gasteiger partial charge in [-0.1, -0.05) is 25.5 Å². The first-order valence-corrected chi connectivity index (χ1v) is 5.30. The molecular formula is C12H18O. The smallest absolute Gasteiger partial charge is 0.140 e. The second kappa shape index (κ2) is 2.97. The zero-order chi connectivity index (χ0) is 9.59. The number of ketones is 1. The first-order valence-electron chi connectivity index (χ1n) is 5.30. The highest BCUT2D eigenvalue weighted by atomic mass is 16.1. The molecular weight excluding hydrogens is 160 g/mol. The maximum Gasteiger partial charge on any atom is 0.140 e. The predicted molar refractivity (Wildman–Crippen MR) is 53.3 cm³/mol. The Kier molecular flexibility index (Phi) is 2.05. The lowest BCUT2D eigenvalue weighted by Crippen LogP contribution is -2.39. The third-order valence-corrected chi connectivity index (χ3v) is 3.78. The summed E-state index contributed by atoms with van der Waals surface area (Å²) < 4.78 is 0. The number of Topliss-reactive ketones (excluding diaryl/α,β-unsaturated/α-hetero) is 1. The second-order valence-corrected chi connectivity index (χ2v) is 4.95. The molecule has 3 aliphatic carbocycles. The van der Waals surface area contributed by atoms with E-state index < -0.39 is 0 Å². The molecule has 1 heteroatoms. The van der Waals surface area contributed by atoms with Crippen LogP contribution in [0.2, 0.25) is 0 Å². The minimum atomic E-state index is 0.255. The van der Waals surface area contributed by atoms with E-state index in [0.717, 1.165) is 6.42 Å². The third kappa shape index (κ3) is 1.34. The van der Waals surface area contributed by atoms with Crippen LogP contribution in [-0.4, -0.2) is 5.78 Å². The van der Waals surface area contributed by atoms with Gasteiger partial charge < -0.3 is 0 Å². The van der Waals surface area contributed by atoms with Crippen molar-refractivity contribution < 1.29 is 4.79 Å². The van der Waals surface area contributed by atoms with E-state index in [1.807, 2.05) is 0 Å². The van der Waals surface area contributed by atoms with Gasteiger partial charge in [0, 0.05) is 12.3 Å². The van der Waals surface area contributed by atoms with Crippen molar-refractivity contribution in [2.24, 2.45) is 23.7 Å². The molecule has 1 nitrogen and oxygen atoms in total. The van der Waals surface area contributed by atoms with Gasteiger partial charge in [0.1, 0.15) is 5.78 Å². The van der Waals surface area contributed by atoms with Crippen LogP contribution in [0, 0.1) is 23.7 Å². The number of carbonyl (C=O) groups excluding carboxylic acids is 1. The van der Waals surface area contributed by atoms with Crippen LogP contribution in [-0.2, 0) is 4.79 Å². The van der Waals surface area contributed by atoms with E-state index in [2.05, 4.69) is 26.8 Å². The summed E-state index contributed by atoms with van der Waals surface area (Å²) in [6.45, 7) is 6.66. The minimum Gasteiger partial charge on any atom is -0.299 e. The van der Waals surface area contributed by atoms with Crippen LogP contribution < -0.4 is 0 Å². The van der Waals surface area contributed by atoms with E-state index in [1.165, 1.54) is 12.0 Å². The van der Waals surface area contributed by atoms with E-state index in [4.69, 9.17) is 0 Å². The second-order valence-electron chi connectivity index (χ2n) is 4.95. The summed E-state index contributed by atoms with van der Waals surface area (Å²) in [6, 6.07) is 0. The fraction of sp³-hybridized carbons (Fsp3) is 0.750. The highest BCUT2D eigenvalue weighted by Gasteiger charge is 2.41. The van der Waals surface area contributed by atoms with Gasteiger partial charge in [-0.15, -0.1) is 0 Å². The van der Waals surface area contributed by atoms with Crippen LogP contribution in [0.15, 0.2) is 11.6 Å². The molecule has 1 fully saturated rings. The van der Waals surface area contributed by atoms with E-state index in [0.29, 0.717) is 23.5 Å². The van der Waals surface area contributed by atoms with Crippen LogP contribution in [0.25, 0.3) is 0 Å². The van der Waals surface area contributed by atoms with Gasteiger partial charge in [0.05, 0.1) is 0 Å². The molecule has 2 bridgehead atoms. The highest BCUT2D eigenvalue weighted by molar-refractivity contribution is 5.86. The van der Waals surface area contributed by atoms with Crippen LogP contribution in [0.4, 0.5) is 0 Å². The Morgan fingerprint density at radius 2 is 2.15 bits per heavy atom. The SMILES string of the molecule is CC1=C[C@H]2C(=O)C[C@@H]1C[C@@H]2C(C)C. The first-order chi connectivity index (χ1) is 6.09. The summed E-state index contributed by atoms with van der Waals surface area (Å²) in [5.41, 5.74) is 1.46. The van der Waals surface area contributed by atoms with Crippen LogP contribution in [0.3, 0.4) is 0 Å². The minimum absolute atomic E-state index is 0.255. The normalized spacial score (nSPS) is 38.3. The van der Waals surface area contributed by atoms with Gasteiger partial charge in [0.2, 0.25) is 0 Å². The van der Waals surface area contributed by atoms with Crippen molar-refractivity contribution in [3.63, 3.8) is 0 Å². The molecule has 0 spiro atoms. The Morgan fingerprint density at radius 1 is 1.46 bits per heavy atom. The largest absolute Gasteiger partial charge is 0.299 e. The molecule has 0 aliphatic heterocycles. The standard InChI is InChI=1S/C12H18O/c1-7(2)10-5-9-6-12(13)11(10)4-8(9)3/h4,7,9-11H,5-6H2,1-3H3/t9-,10+,11+/m0/s1. The molecule has 72 valence electrons. The van der Waals surface area contributed by atoms with Crippen molar-refractivity contribution in [3.8, 4) is 0 Å². The Hall–Kier alpha value is -0.590. The average molecular weight is 178 g/mol. The summed E-state index contributed by atoms with van der Waals surface area (Å²) in [5, 5.41) is 0. The Balaban J connectivity index is 2.28. The molecule has 3 rings (SSSR count). The van der Waals surface area contributed by atoms with Gasteiger partial charge in [0.15, 0.2) is 0 Å². The lowest BCUT2D eigenvalue weighted by Gasteiger charge is -2.41. The first kappa shape index (κ1) is 8.98. The topological polar surface area (TPSA) is 17.1 Å². The van der Waals surface area contributed by atoms with Gasteiger partial charge in [-0.25, -0.2) is 0 Å². The fourth-order valence-corrected chi connectivity index (χ4v) is 2.85. The van der Waals surface area contributed by atoms with Gasteiger partial charge in [-0.2, -0.15) is 0 Å². The Morgan fingerprint density at radius 3 is 2.69 bits per heavy atom. The van der Waals surface area contributed by atoms with E-state index >= 15 is 0 Å². The van der Waals surface area contributed by atoms with Gasteiger partial charge >= 0.3 is 0 Å². The average Bonchev–Trinajstić information content (AvgIpc) is 2.06. The van der Waals surface area contributed by atoms with Crippen molar-refractivity contribution in [2.75, 3.05) is 0 Å². The number of hydrogen-bond donors (Lipinski definition) is 0. The Labute approximate surface area is 80.2 Å². The zero-order valence-electron chi connectivity index (χ0n) is 8.71. The van der Waals surface area contributed by atoms with Gasteiger partial charge in [-0.3, -0.25) is 4.79 Å². The van der Waals surface area contributed by atoms with Crippen LogP contribution in [0.5, 0.6) is 0 Å². The monoisotopic (exact) mass is 178 g/mol. The molecule has 0 radical (unpaired) electrons. The summed E-state index contributed by atoms with van der Waals surface area (Å²) in [7, 11) is 0. The third-order valence-electron chi connectivity index (χ3n) is 3.78. The molecule has 0 aromatic heterocycles. The number of rotatable bonds is 1. The molecule has 0 N–H and O–H groups in total. The summed E-state index contributed by atoms with van der Waals surface area (Å²) in [6.07, 6.45) is 4.29. The molecule has 0 aromatic rings. The van der Waals surface area contributed by atoms with E-state index in [9.17, 15) is 4.79 Å². The van der Waals surface area contributed by atoms with Crippen LogP contribution in [0.1, 0.15) is 33.6 Å². The maximum absolute atomic E-state index is 11.7. The number of allylic oxidation sites excluding steroid dienone is 2. The summed E-state index contributed by atoms with van der Waals surface area (Å²) in [5.74, 6) is 2.59. The molecule has 0 saturated heterocycles. The lowest BCUT2D eigenvalue weighted by atomic mass is 9.62. The van der Waals surface area contributed by atoms with Crippen LogP contribution >= 0.6 is 0 Å². The van der Waals surface area contributed by atoms with Crippen molar-refractivity contribution in [2.45, 2.75) is 33.6 Å². The van der Waals surface area contributed by atoms with Crippen molar-refractivity contribution >= 4 is 5.78 Å². The van der Waals surface area contributed by atoms with E-state index in [-0.39, 0.29) is 5.92 Å². The van der Waals surface area contributed by atoms with Gasteiger partial charge in [-0.05, 0) is 31.1 Å². The maximum atomic E-state index is 11.7. The number of carbonyl (C=O) groups is 1. The molecule has 0 heterocycles. The summed E-state index contributed by atoms with van der Waals surface area (Å²) >= 11 is 0. The highest BCUT2D eigenvalue weighted by Crippen LogP contribution is 2.44. The Bertz CT molecular complexity index is 262. The molecule has 3 aliphatic rings. The van der Waals surface area contributed by atoms with E-state index in [1.54, 1.807) is 0 Å². The zero-order valence-corrected chi connectivity index (χ0v) is 8.71. The molecule has 0 amide bonds. The molecule has 3 atom stereocenters. The van der Waals surface area contributed by atoms with Crippen molar-refractivity contribution in [3.05, 3.63) is 11.6 Å². The predicted octanol–water partition coefficient (Wildman–Crippen LogP) is 2.81. The molecule has 0 aromatic carbocycles. The molecule has 0 unspecified atom stereocenters. The van der Waals surface area contributed by atoms with Crippen molar-refractivity contribution in [1.29, 1.82) is 0 Å².